The van der Waals surface area contributed by atoms with Gasteiger partial charge in [-0.2, -0.15) is 0 Å². The highest BCUT2D eigenvalue weighted by atomic mass is 79.9. The Morgan fingerprint density at radius 1 is 0.875 bits per heavy atom. The van der Waals surface area contributed by atoms with Gasteiger partial charge in [0.2, 0.25) is 0 Å². The van der Waals surface area contributed by atoms with E-state index in [1.54, 1.807) is 12.1 Å². The lowest BCUT2D eigenvalue weighted by Crippen LogP contribution is -1.84. The van der Waals surface area contributed by atoms with Crippen LogP contribution >= 0.6 is 15.9 Å². The average molecular weight is 279 g/mol. The van der Waals surface area contributed by atoms with E-state index in [0.717, 1.165) is 11.1 Å². The zero-order chi connectivity index (χ0) is 11.5. The molecule has 0 amide bonds. The van der Waals surface area contributed by atoms with Crippen molar-refractivity contribution in [2.45, 2.75) is 11.8 Å². The summed E-state index contributed by atoms with van der Waals surface area (Å²) in [5.74, 6) is -0.200. The highest BCUT2D eigenvalue weighted by Gasteiger charge is 2.01. The van der Waals surface area contributed by atoms with Crippen LogP contribution in [-0.4, -0.2) is 0 Å². The van der Waals surface area contributed by atoms with Crippen molar-refractivity contribution < 1.29 is 4.39 Å². The topological polar surface area (TPSA) is 0 Å². The first-order chi connectivity index (χ1) is 7.66. The van der Waals surface area contributed by atoms with Gasteiger partial charge in [-0.25, -0.2) is 4.39 Å². The minimum Gasteiger partial charge on any atom is -0.207 e. The Kier molecular flexibility index (Phi) is 3.39. The molecule has 1 unspecified atom stereocenters. The van der Waals surface area contributed by atoms with Gasteiger partial charge in [0.05, 0.1) is 0 Å². The van der Waals surface area contributed by atoms with Crippen LogP contribution in [0.15, 0.2) is 48.5 Å². The van der Waals surface area contributed by atoms with E-state index < -0.39 is 0 Å². The van der Waals surface area contributed by atoms with E-state index in [0.29, 0.717) is 4.83 Å². The third-order valence-corrected chi connectivity index (χ3v) is 3.08. The van der Waals surface area contributed by atoms with E-state index in [1.165, 1.54) is 17.7 Å². The highest BCUT2D eigenvalue weighted by Crippen LogP contribution is 2.25. The predicted octanol–water partition coefficient (Wildman–Crippen LogP) is 4.95. The van der Waals surface area contributed by atoms with Gasteiger partial charge in [0, 0.05) is 4.83 Å². The molecular formula is C14H12BrF. The van der Waals surface area contributed by atoms with Crippen molar-refractivity contribution in [3.8, 4) is 11.1 Å². The summed E-state index contributed by atoms with van der Waals surface area (Å²) in [6.45, 7) is 2.09. The van der Waals surface area contributed by atoms with Crippen LogP contribution in [0.1, 0.15) is 17.3 Å². The van der Waals surface area contributed by atoms with Crippen LogP contribution < -0.4 is 0 Å². The number of alkyl halides is 1. The number of hydrogen-bond donors (Lipinski definition) is 0. The largest absolute Gasteiger partial charge is 0.207 e. The van der Waals surface area contributed by atoms with Gasteiger partial charge in [0.1, 0.15) is 5.82 Å². The molecule has 0 aliphatic carbocycles. The van der Waals surface area contributed by atoms with E-state index in [2.05, 4.69) is 47.1 Å². The van der Waals surface area contributed by atoms with E-state index >= 15 is 0 Å². The monoisotopic (exact) mass is 278 g/mol. The summed E-state index contributed by atoms with van der Waals surface area (Å²) in [7, 11) is 0. The molecule has 0 saturated carbocycles. The molecule has 0 aliphatic heterocycles. The van der Waals surface area contributed by atoms with Crippen molar-refractivity contribution in [2.24, 2.45) is 0 Å². The molecule has 0 spiro atoms. The fraction of sp³-hybridized carbons (Fsp3) is 0.143. The molecule has 0 radical (unpaired) electrons. The van der Waals surface area contributed by atoms with Crippen LogP contribution in [0.3, 0.4) is 0 Å². The normalized spacial score (nSPS) is 12.4. The lowest BCUT2D eigenvalue weighted by atomic mass is 10.0. The Labute approximate surface area is 103 Å². The molecule has 0 aromatic heterocycles. The minimum absolute atomic E-state index is 0.200. The standard InChI is InChI=1S/C14H12BrF/c1-10(15)11-2-4-12(5-3-11)13-6-8-14(16)9-7-13/h2-10H,1H3. The molecule has 0 bridgehead atoms. The lowest BCUT2D eigenvalue weighted by Gasteiger charge is -2.06. The van der Waals surface area contributed by atoms with Crippen LogP contribution in [0.4, 0.5) is 4.39 Å². The van der Waals surface area contributed by atoms with Gasteiger partial charge in [0.15, 0.2) is 0 Å². The Balaban J connectivity index is 2.31. The predicted molar refractivity (Wildman–Crippen MR) is 69.2 cm³/mol. The first-order valence-corrected chi connectivity index (χ1v) is 6.08. The number of rotatable bonds is 2. The molecule has 0 N–H and O–H groups in total. The molecule has 0 saturated heterocycles. The molecule has 0 nitrogen and oxygen atoms in total. The summed E-state index contributed by atoms with van der Waals surface area (Å²) in [5.41, 5.74) is 3.39. The zero-order valence-corrected chi connectivity index (χ0v) is 10.5. The van der Waals surface area contributed by atoms with Crippen molar-refractivity contribution in [2.75, 3.05) is 0 Å². The number of benzene rings is 2. The Morgan fingerprint density at radius 3 is 1.75 bits per heavy atom. The quantitative estimate of drug-likeness (QED) is 0.682. The molecule has 2 aromatic rings. The van der Waals surface area contributed by atoms with E-state index in [-0.39, 0.29) is 5.82 Å². The van der Waals surface area contributed by atoms with Crippen LogP contribution in [0, 0.1) is 5.82 Å². The summed E-state index contributed by atoms with van der Waals surface area (Å²) in [6, 6.07) is 14.8. The summed E-state index contributed by atoms with van der Waals surface area (Å²) >= 11 is 3.52. The fourth-order valence-electron chi connectivity index (χ4n) is 1.58. The van der Waals surface area contributed by atoms with E-state index in [1.807, 2.05) is 0 Å². The smallest absolute Gasteiger partial charge is 0.123 e. The zero-order valence-electron chi connectivity index (χ0n) is 8.95. The summed E-state index contributed by atoms with van der Waals surface area (Å²) < 4.78 is 12.8. The maximum Gasteiger partial charge on any atom is 0.123 e. The summed E-state index contributed by atoms with van der Waals surface area (Å²) in [5, 5.41) is 0. The van der Waals surface area contributed by atoms with Gasteiger partial charge < -0.3 is 0 Å². The highest BCUT2D eigenvalue weighted by molar-refractivity contribution is 9.09. The van der Waals surface area contributed by atoms with Crippen molar-refractivity contribution >= 4 is 15.9 Å². The maximum absolute atomic E-state index is 12.8. The third-order valence-electron chi connectivity index (χ3n) is 2.55. The van der Waals surface area contributed by atoms with Gasteiger partial charge in [0.25, 0.3) is 0 Å². The first kappa shape index (κ1) is 11.3. The second kappa shape index (κ2) is 4.79. The Bertz CT molecular complexity index is 457. The van der Waals surface area contributed by atoms with Crippen molar-refractivity contribution in [3.63, 3.8) is 0 Å². The summed E-state index contributed by atoms with van der Waals surface area (Å²) in [6.07, 6.45) is 0. The lowest BCUT2D eigenvalue weighted by molar-refractivity contribution is 0.628. The van der Waals surface area contributed by atoms with E-state index in [4.69, 9.17) is 0 Å². The van der Waals surface area contributed by atoms with Crippen LogP contribution in [0.2, 0.25) is 0 Å². The SMILES string of the molecule is CC(Br)c1ccc(-c2ccc(F)cc2)cc1. The van der Waals surface area contributed by atoms with Crippen LogP contribution in [-0.2, 0) is 0 Å². The molecule has 0 fully saturated rings. The van der Waals surface area contributed by atoms with Gasteiger partial charge in [-0.1, -0.05) is 52.3 Å². The van der Waals surface area contributed by atoms with Gasteiger partial charge in [-0.05, 0) is 35.7 Å². The molecule has 2 aromatic carbocycles. The van der Waals surface area contributed by atoms with Gasteiger partial charge >= 0.3 is 0 Å². The van der Waals surface area contributed by atoms with Gasteiger partial charge in [-0.3, -0.25) is 0 Å². The Morgan fingerprint density at radius 2 is 1.31 bits per heavy atom. The molecule has 16 heavy (non-hydrogen) atoms. The second-order valence-electron chi connectivity index (χ2n) is 3.74. The Hall–Kier alpha value is -1.15. The fourth-order valence-corrected chi connectivity index (χ4v) is 1.89. The van der Waals surface area contributed by atoms with Crippen LogP contribution in [0.5, 0.6) is 0 Å². The maximum atomic E-state index is 12.8. The molecule has 2 heteroatoms. The van der Waals surface area contributed by atoms with Crippen molar-refractivity contribution in [1.82, 2.24) is 0 Å². The number of hydrogen-bond acceptors (Lipinski definition) is 0. The first-order valence-electron chi connectivity index (χ1n) is 5.17. The van der Waals surface area contributed by atoms with Gasteiger partial charge in [-0.15, -0.1) is 0 Å². The molecule has 1 atom stereocenters. The van der Waals surface area contributed by atoms with Crippen molar-refractivity contribution in [1.29, 1.82) is 0 Å². The summed E-state index contributed by atoms with van der Waals surface area (Å²) in [4.78, 5) is 0.356. The molecule has 82 valence electrons. The molecular weight excluding hydrogens is 267 g/mol. The third kappa shape index (κ3) is 2.50. The minimum atomic E-state index is -0.200. The van der Waals surface area contributed by atoms with Crippen molar-refractivity contribution in [3.05, 3.63) is 59.9 Å². The number of halogens is 2. The molecule has 2 rings (SSSR count). The average Bonchev–Trinajstić information content (AvgIpc) is 2.30. The molecule has 0 aliphatic rings. The molecule has 0 heterocycles. The second-order valence-corrected chi connectivity index (χ2v) is 5.12. The van der Waals surface area contributed by atoms with Crippen LogP contribution in [0.25, 0.3) is 11.1 Å². The van der Waals surface area contributed by atoms with E-state index in [9.17, 15) is 4.39 Å².